The lowest BCUT2D eigenvalue weighted by Crippen LogP contribution is -2.29. The molecular formula is C22H28N4O2. The van der Waals surface area contributed by atoms with Crippen molar-refractivity contribution in [3.05, 3.63) is 42.6 Å². The largest absolute Gasteiger partial charge is 0.381 e. The van der Waals surface area contributed by atoms with Gasteiger partial charge in [0, 0.05) is 43.6 Å². The number of hydrogen-bond donors (Lipinski definition) is 2. The number of carbonyl (C=O) groups is 1. The maximum absolute atomic E-state index is 12.3. The summed E-state index contributed by atoms with van der Waals surface area (Å²) in [5.41, 5.74) is 3.21. The number of carbonyl (C=O) groups excluding carboxylic acids is 1. The molecule has 1 amide bonds. The first-order valence-electron chi connectivity index (χ1n) is 10.2. The van der Waals surface area contributed by atoms with Crippen molar-refractivity contribution in [2.75, 3.05) is 41.8 Å². The molecule has 4 rings (SSSR count). The molecule has 2 aliphatic rings. The zero-order valence-electron chi connectivity index (χ0n) is 16.2. The lowest BCUT2D eigenvalue weighted by Gasteiger charge is -2.28. The van der Waals surface area contributed by atoms with Crippen molar-refractivity contribution >= 4 is 28.8 Å². The van der Waals surface area contributed by atoms with E-state index in [0.717, 1.165) is 37.3 Å². The van der Waals surface area contributed by atoms with E-state index in [1.807, 2.05) is 12.1 Å². The number of piperidine rings is 1. The van der Waals surface area contributed by atoms with Gasteiger partial charge in [0.05, 0.1) is 11.9 Å². The predicted molar refractivity (Wildman–Crippen MR) is 112 cm³/mol. The van der Waals surface area contributed by atoms with Gasteiger partial charge in [-0.25, -0.2) is 4.98 Å². The summed E-state index contributed by atoms with van der Waals surface area (Å²) in [5.74, 6) is 0.638. The summed E-state index contributed by atoms with van der Waals surface area (Å²) in [7, 11) is 0. The maximum atomic E-state index is 12.3. The van der Waals surface area contributed by atoms with Crippen molar-refractivity contribution in [2.45, 2.75) is 32.1 Å². The monoisotopic (exact) mass is 380 g/mol. The maximum Gasteiger partial charge on any atom is 0.228 e. The fourth-order valence-electron chi connectivity index (χ4n) is 3.80. The molecule has 2 saturated heterocycles. The number of amides is 1. The molecule has 0 bridgehead atoms. The summed E-state index contributed by atoms with van der Waals surface area (Å²) in [6.07, 6.45) is 7.21. The molecule has 6 heteroatoms. The van der Waals surface area contributed by atoms with Gasteiger partial charge in [0.15, 0.2) is 0 Å². The van der Waals surface area contributed by atoms with Gasteiger partial charge in [0.1, 0.15) is 5.82 Å². The first kappa shape index (κ1) is 18.7. The van der Waals surface area contributed by atoms with Crippen LogP contribution >= 0.6 is 0 Å². The van der Waals surface area contributed by atoms with Crippen molar-refractivity contribution in [2.24, 2.45) is 5.92 Å². The Hall–Kier alpha value is -2.60. The van der Waals surface area contributed by atoms with E-state index >= 15 is 0 Å². The first-order chi connectivity index (χ1) is 13.8. The number of nitrogens with one attached hydrogen (secondary N) is 2. The zero-order chi connectivity index (χ0) is 19.2. The first-order valence-corrected chi connectivity index (χ1v) is 10.2. The molecule has 0 saturated carbocycles. The minimum atomic E-state index is 0.0202. The third kappa shape index (κ3) is 4.81. The molecule has 28 heavy (non-hydrogen) atoms. The predicted octanol–water partition coefficient (Wildman–Crippen LogP) is 4.18. The van der Waals surface area contributed by atoms with E-state index in [2.05, 4.69) is 44.8 Å². The van der Waals surface area contributed by atoms with Gasteiger partial charge in [0.2, 0.25) is 5.91 Å². The van der Waals surface area contributed by atoms with Gasteiger partial charge in [-0.05, 0) is 68.5 Å². The van der Waals surface area contributed by atoms with E-state index in [4.69, 9.17) is 4.74 Å². The van der Waals surface area contributed by atoms with Crippen LogP contribution in [0.4, 0.5) is 22.9 Å². The third-order valence-corrected chi connectivity index (χ3v) is 5.48. The quantitative estimate of drug-likeness (QED) is 0.815. The fourth-order valence-corrected chi connectivity index (χ4v) is 3.80. The van der Waals surface area contributed by atoms with Gasteiger partial charge < -0.3 is 20.3 Å². The highest BCUT2D eigenvalue weighted by molar-refractivity contribution is 5.91. The Labute approximate surface area is 166 Å². The highest BCUT2D eigenvalue weighted by atomic mass is 16.5. The normalized spacial score (nSPS) is 17.9. The van der Waals surface area contributed by atoms with Gasteiger partial charge >= 0.3 is 0 Å². The molecule has 1 aromatic carbocycles. The average molecular weight is 380 g/mol. The molecule has 6 nitrogen and oxygen atoms in total. The topological polar surface area (TPSA) is 66.5 Å². The Morgan fingerprint density at radius 2 is 1.68 bits per heavy atom. The van der Waals surface area contributed by atoms with E-state index in [1.54, 1.807) is 6.20 Å². The second-order valence-corrected chi connectivity index (χ2v) is 7.53. The Morgan fingerprint density at radius 1 is 0.964 bits per heavy atom. The lowest BCUT2D eigenvalue weighted by atomic mass is 9.99. The molecule has 0 unspecified atom stereocenters. The number of benzene rings is 1. The molecule has 0 spiro atoms. The van der Waals surface area contributed by atoms with E-state index in [-0.39, 0.29) is 11.8 Å². The van der Waals surface area contributed by atoms with E-state index in [0.29, 0.717) is 19.0 Å². The van der Waals surface area contributed by atoms with Crippen LogP contribution < -0.4 is 15.5 Å². The van der Waals surface area contributed by atoms with Crippen molar-refractivity contribution in [3.8, 4) is 0 Å². The van der Waals surface area contributed by atoms with Crippen LogP contribution in [0.15, 0.2) is 42.6 Å². The summed E-state index contributed by atoms with van der Waals surface area (Å²) >= 11 is 0. The van der Waals surface area contributed by atoms with Crippen LogP contribution in [0.1, 0.15) is 32.1 Å². The van der Waals surface area contributed by atoms with Crippen LogP contribution in [0.5, 0.6) is 0 Å². The van der Waals surface area contributed by atoms with E-state index < -0.39 is 0 Å². The summed E-state index contributed by atoms with van der Waals surface area (Å²) < 4.78 is 5.31. The van der Waals surface area contributed by atoms with Gasteiger partial charge in [-0.3, -0.25) is 4.79 Å². The van der Waals surface area contributed by atoms with Crippen LogP contribution in [0.2, 0.25) is 0 Å². The molecule has 0 aliphatic carbocycles. The van der Waals surface area contributed by atoms with Crippen molar-refractivity contribution in [1.29, 1.82) is 0 Å². The summed E-state index contributed by atoms with van der Waals surface area (Å²) in [4.78, 5) is 19.1. The number of pyridine rings is 1. The molecule has 0 radical (unpaired) electrons. The Morgan fingerprint density at radius 3 is 2.36 bits per heavy atom. The highest BCUT2D eigenvalue weighted by Crippen LogP contribution is 2.24. The smallest absolute Gasteiger partial charge is 0.228 e. The number of aromatic nitrogens is 1. The molecule has 3 heterocycles. The summed E-state index contributed by atoms with van der Waals surface area (Å²) in [6, 6.07) is 12.3. The third-order valence-electron chi connectivity index (χ3n) is 5.48. The molecule has 2 N–H and O–H groups in total. The van der Waals surface area contributed by atoms with E-state index in [9.17, 15) is 4.79 Å². The minimum absolute atomic E-state index is 0.0202. The second-order valence-electron chi connectivity index (χ2n) is 7.53. The Kier molecular flexibility index (Phi) is 6.07. The number of hydrogen-bond acceptors (Lipinski definition) is 5. The number of rotatable bonds is 5. The summed E-state index contributed by atoms with van der Waals surface area (Å²) in [5, 5.41) is 6.28. The van der Waals surface area contributed by atoms with Gasteiger partial charge in [-0.2, -0.15) is 0 Å². The second kappa shape index (κ2) is 9.06. The zero-order valence-corrected chi connectivity index (χ0v) is 16.2. The van der Waals surface area contributed by atoms with Crippen LogP contribution in [-0.4, -0.2) is 37.2 Å². The molecular weight excluding hydrogens is 352 g/mol. The van der Waals surface area contributed by atoms with Gasteiger partial charge in [-0.1, -0.05) is 0 Å². The molecule has 148 valence electrons. The van der Waals surface area contributed by atoms with Crippen LogP contribution in [0, 0.1) is 5.92 Å². The average Bonchev–Trinajstić information content (AvgIpc) is 2.77. The molecule has 1 aromatic heterocycles. The van der Waals surface area contributed by atoms with Gasteiger partial charge in [-0.15, -0.1) is 0 Å². The minimum Gasteiger partial charge on any atom is -0.381 e. The van der Waals surface area contributed by atoms with Gasteiger partial charge in [0.25, 0.3) is 0 Å². The Bertz CT molecular complexity index is 764. The van der Waals surface area contributed by atoms with E-state index in [1.165, 1.54) is 24.9 Å². The van der Waals surface area contributed by atoms with Crippen molar-refractivity contribution < 1.29 is 9.53 Å². The van der Waals surface area contributed by atoms with Crippen LogP contribution in [-0.2, 0) is 9.53 Å². The summed E-state index contributed by atoms with van der Waals surface area (Å²) in [6.45, 7) is 3.62. The molecule has 0 atom stereocenters. The van der Waals surface area contributed by atoms with Crippen LogP contribution in [0.3, 0.4) is 0 Å². The SMILES string of the molecule is O=C(Nc1ccc(Nc2ccc(N3CCCCC3)cc2)cn1)C1CCOCC1. The van der Waals surface area contributed by atoms with Crippen LogP contribution in [0.25, 0.3) is 0 Å². The standard InChI is InChI=1S/C22H28N4O2/c27-22(17-10-14-28-15-11-17)25-21-9-6-19(16-23-21)24-18-4-7-20(8-5-18)26-12-2-1-3-13-26/h4-9,16-17,24H,1-3,10-15H2,(H,23,25,27). The molecule has 2 aromatic rings. The lowest BCUT2D eigenvalue weighted by molar-refractivity contribution is -0.122. The highest BCUT2D eigenvalue weighted by Gasteiger charge is 2.21. The fraction of sp³-hybridized carbons (Fsp3) is 0.455. The number of anilines is 4. The number of nitrogens with zero attached hydrogens (tertiary/aromatic N) is 2. The molecule has 2 fully saturated rings. The van der Waals surface area contributed by atoms with Crippen molar-refractivity contribution in [1.82, 2.24) is 4.98 Å². The number of ether oxygens (including phenoxy) is 1. The Balaban J connectivity index is 1.32. The molecule has 2 aliphatic heterocycles. The van der Waals surface area contributed by atoms with Crippen molar-refractivity contribution in [3.63, 3.8) is 0 Å².